The third kappa shape index (κ3) is 5.08. The zero-order chi connectivity index (χ0) is 23.2. The smallest absolute Gasteiger partial charge is 0.257 e. The number of hydrogen-bond donors (Lipinski definition) is 4. The standard InChI is InChI=1S/C23H21N5O4S/c24-21-19-15(13-33-20(19)18(11-27-21)23(31)26-6-7-29)12-32-17-8-14(9-25-10-17)22(30)28-16-4-2-1-3-5-16/h1-5,8-11,13,29H,6-7,12H2,(H2,24,27)(H,26,31)(H,28,30). The van der Waals surface area contributed by atoms with Gasteiger partial charge in [0.25, 0.3) is 11.8 Å². The Balaban J connectivity index is 1.50. The number of rotatable bonds is 8. The third-order valence-electron chi connectivity index (χ3n) is 4.74. The molecule has 0 bridgehead atoms. The van der Waals surface area contributed by atoms with Crippen LogP contribution in [0, 0.1) is 0 Å². The summed E-state index contributed by atoms with van der Waals surface area (Å²) in [6.07, 6.45) is 4.40. The summed E-state index contributed by atoms with van der Waals surface area (Å²) in [6, 6.07) is 10.7. The Hall–Kier alpha value is -4.02. The average Bonchev–Trinajstić information content (AvgIpc) is 3.27. The van der Waals surface area contributed by atoms with Crippen molar-refractivity contribution in [3.63, 3.8) is 0 Å². The molecule has 1 aromatic carbocycles. The molecule has 33 heavy (non-hydrogen) atoms. The van der Waals surface area contributed by atoms with Crippen molar-refractivity contribution in [3.05, 3.63) is 77.1 Å². The lowest BCUT2D eigenvalue weighted by Crippen LogP contribution is -2.26. The van der Waals surface area contributed by atoms with Crippen molar-refractivity contribution in [3.8, 4) is 5.75 Å². The van der Waals surface area contributed by atoms with Crippen LogP contribution >= 0.6 is 11.3 Å². The minimum atomic E-state index is -0.336. The lowest BCUT2D eigenvalue weighted by atomic mass is 10.1. The molecule has 5 N–H and O–H groups in total. The van der Waals surface area contributed by atoms with Crippen molar-refractivity contribution in [2.45, 2.75) is 6.61 Å². The number of hydrogen-bond acceptors (Lipinski definition) is 8. The Morgan fingerprint density at radius 2 is 1.94 bits per heavy atom. The first-order valence-corrected chi connectivity index (χ1v) is 10.9. The molecule has 9 nitrogen and oxygen atoms in total. The molecule has 4 aromatic rings. The number of pyridine rings is 2. The number of nitrogens with one attached hydrogen (secondary N) is 2. The highest BCUT2D eigenvalue weighted by atomic mass is 32.1. The Labute approximate surface area is 193 Å². The molecular weight excluding hydrogens is 442 g/mol. The van der Waals surface area contributed by atoms with Crippen LogP contribution in [-0.4, -0.2) is 40.0 Å². The summed E-state index contributed by atoms with van der Waals surface area (Å²) in [5, 5.41) is 16.9. The molecule has 0 aliphatic heterocycles. The van der Waals surface area contributed by atoms with Gasteiger partial charge in [0.15, 0.2) is 0 Å². The number of aromatic nitrogens is 2. The van der Waals surface area contributed by atoms with Crippen molar-refractivity contribution in [1.29, 1.82) is 0 Å². The predicted molar refractivity (Wildman–Crippen MR) is 126 cm³/mol. The fourth-order valence-corrected chi connectivity index (χ4v) is 4.24. The van der Waals surface area contributed by atoms with Crippen LogP contribution in [0.15, 0.2) is 60.4 Å². The molecule has 10 heteroatoms. The highest BCUT2D eigenvalue weighted by Gasteiger charge is 2.17. The van der Waals surface area contributed by atoms with E-state index in [-0.39, 0.29) is 37.4 Å². The van der Waals surface area contributed by atoms with Gasteiger partial charge in [-0.05, 0) is 23.6 Å². The Bertz CT molecular complexity index is 1290. The molecule has 0 spiro atoms. The van der Waals surface area contributed by atoms with Crippen LogP contribution in [0.5, 0.6) is 5.75 Å². The van der Waals surface area contributed by atoms with E-state index in [1.54, 1.807) is 18.2 Å². The molecule has 4 rings (SSSR count). The summed E-state index contributed by atoms with van der Waals surface area (Å²) in [4.78, 5) is 33.1. The van der Waals surface area contributed by atoms with Gasteiger partial charge in [0.05, 0.1) is 28.6 Å². The molecule has 0 aliphatic carbocycles. The van der Waals surface area contributed by atoms with Gasteiger partial charge in [-0.2, -0.15) is 0 Å². The second kappa shape index (κ2) is 10.1. The summed E-state index contributed by atoms with van der Waals surface area (Å²) >= 11 is 1.36. The van der Waals surface area contributed by atoms with Crippen molar-refractivity contribution < 1.29 is 19.4 Å². The molecule has 0 radical (unpaired) electrons. The van der Waals surface area contributed by atoms with Gasteiger partial charge in [-0.15, -0.1) is 11.3 Å². The third-order valence-corrected chi connectivity index (χ3v) is 5.81. The number of anilines is 2. The monoisotopic (exact) mass is 463 g/mol. The number of fused-ring (bicyclic) bond motifs is 1. The largest absolute Gasteiger partial charge is 0.487 e. The lowest BCUT2D eigenvalue weighted by Gasteiger charge is -2.09. The summed E-state index contributed by atoms with van der Waals surface area (Å²) in [5.41, 5.74) is 8.26. The summed E-state index contributed by atoms with van der Waals surface area (Å²) in [5.74, 6) is 0.0698. The van der Waals surface area contributed by atoms with Crippen LogP contribution < -0.4 is 21.1 Å². The highest BCUT2D eigenvalue weighted by molar-refractivity contribution is 7.17. The van der Waals surface area contributed by atoms with Gasteiger partial charge in [-0.25, -0.2) is 4.98 Å². The fourth-order valence-electron chi connectivity index (χ4n) is 3.17. The van der Waals surface area contributed by atoms with Crippen molar-refractivity contribution in [1.82, 2.24) is 15.3 Å². The van der Waals surface area contributed by atoms with Crippen molar-refractivity contribution in [2.75, 3.05) is 24.2 Å². The molecule has 3 heterocycles. The molecule has 0 saturated heterocycles. The van der Waals surface area contributed by atoms with E-state index in [9.17, 15) is 9.59 Å². The fraction of sp³-hybridized carbons (Fsp3) is 0.130. The summed E-state index contributed by atoms with van der Waals surface area (Å²) < 4.78 is 6.55. The normalized spacial score (nSPS) is 10.7. The van der Waals surface area contributed by atoms with Gasteiger partial charge >= 0.3 is 0 Å². The van der Waals surface area contributed by atoms with Gasteiger partial charge in [-0.3, -0.25) is 14.6 Å². The summed E-state index contributed by atoms with van der Waals surface area (Å²) in [6.45, 7) is 0.142. The number of nitrogens with zero attached hydrogens (tertiary/aromatic N) is 2. The Morgan fingerprint density at radius 3 is 2.73 bits per heavy atom. The Kier molecular flexibility index (Phi) is 6.77. The van der Waals surface area contributed by atoms with E-state index in [1.165, 1.54) is 29.9 Å². The van der Waals surface area contributed by atoms with Gasteiger partial charge < -0.3 is 26.2 Å². The number of carbonyl (C=O) groups excluding carboxylic acids is 2. The number of benzene rings is 1. The minimum Gasteiger partial charge on any atom is -0.487 e. The second-order valence-electron chi connectivity index (χ2n) is 7.02. The Morgan fingerprint density at radius 1 is 1.12 bits per heavy atom. The van der Waals surface area contributed by atoms with E-state index in [0.717, 1.165) is 5.56 Å². The molecule has 0 aliphatic rings. The van der Waals surface area contributed by atoms with E-state index >= 15 is 0 Å². The number of thiophene rings is 1. The summed E-state index contributed by atoms with van der Waals surface area (Å²) in [7, 11) is 0. The first kappa shape index (κ1) is 22.2. The molecule has 168 valence electrons. The van der Waals surface area contributed by atoms with Crippen LogP contribution in [0.1, 0.15) is 26.3 Å². The van der Waals surface area contributed by atoms with Crippen molar-refractivity contribution in [2.24, 2.45) is 0 Å². The number of nitrogens with two attached hydrogens (primary N) is 1. The number of aliphatic hydroxyl groups is 1. The number of aliphatic hydroxyl groups excluding tert-OH is 1. The van der Waals surface area contributed by atoms with Gasteiger partial charge in [-0.1, -0.05) is 18.2 Å². The lowest BCUT2D eigenvalue weighted by molar-refractivity contribution is 0.0945. The van der Waals surface area contributed by atoms with E-state index in [4.69, 9.17) is 15.6 Å². The van der Waals surface area contributed by atoms with Crippen LogP contribution in [0.25, 0.3) is 10.1 Å². The maximum Gasteiger partial charge on any atom is 0.257 e. The maximum absolute atomic E-state index is 12.5. The second-order valence-corrected chi connectivity index (χ2v) is 7.90. The number of carbonyl (C=O) groups is 2. The predicted octanol–water partition coefficient (Wildman–Crippen LogP) is 2.83. The van der Waals surface area contributed by atoms with E-state index in [1.807, 2.05) is 23.6 Å². The topological polar surface area (TPSA) is 139 Å². The maximum atomic E-state index is 12.5. The van der Waals surface area contributed by atoms with Gasteiger partial charge in [0.1, 0.15) is 18.2 Å². The van der Waals surface area contributed by atoms with Crippen LogP contribution in [0.3, 0.4) is 0 Å². The van der Waals surface area contributed by atoms with Crippen LogP contribution in [0.2, 0.25) is 0 Å². The number of amides is 2. The zero-order valence-corrected chi connectivity index (χ0v) is 18.3. The zero-order valence-electron chi connectivity index (χ0n) is 17.4. The first-order chi connectivity index (χ1) is 16.1. The molecule has 2 amide bonds. The number of para-hydroxylation sites is 1. The number of nitrogen functional groups attached to an aromatic ring is 1. The van der Waals surface area contributed by atoms with Crippen molar-refractivity contribution >= 4 is 44.7 Å². The SMILES string of the molecule is Nc1ncc(C(=O)NCCO)c2scc(COc3cncc(C(=O)Nc4ccccc4)c3)c12. The molecule has 0 saturated carbocycles. The molecule has 0 atom stereocenters. The molecule has 3 aromatic heterocycles. The number of ether oxygens (including phenoxy) is 1. The van der Waals surface area contributed by atoms with E-state index in [0.29, 0.717) is 32.6 Å². The van der Waals surface area contributed by atoms with Gasteiger partial charge in [0, 0.05) is 35.6 Å². The highest BCUT2D eigenvalue weighted by Crippen LogP contribution is 2.33. The molecular formula is C23H21N5O4S. The van der Waals surface area contributed by atoms with Crippen LogP contribution in [0.4, 0.5) is 11.5 Å². The quantitative estimate of drug-likeness (QED) is 0.315. The minimum absolute atomic E-state index is 0.146. The van der Waals surface area contributed by atoms with Gasteiger partial charge in [0.2, 0.25) is 0 Å². The average molecular weight is 464 g/mol. The van der Waals surface area contributed by atoms with E-state index in [2.05, 4.69) is 20.6 Å². The first-order valence-electron chi connectivity index (χ1n) is 10.0. The van der Waals surface area contributed by atoms with Crippen LogP contribution in [-0.2, 0) is 6.61 Å². The molecule has 0 unspecified atom stereocenters. The van der Waals surface area contributed by atoms with E-state index < -0.39 is 0 Å². The molecule has 0 fully saturated rings.